The summed E-state index contributed by atoms with van der Waals surface area (Å²) in [6, 6.07) is 0.228. The zero-order valence-corrected chi connectivity index (χ0v) is 14.8. The van der Waals surface area contributed by atoms with Crippen LogP contribution in [0.4, 0.5) is 0 Å². The lowest BCUT2D eigenvalue weighted by Gasteiger charge is -2.10. The molecule has 0 aliphatic heterocycles. The van der Waals surface area contributed by atoms with E-state index in [-0.39, 0.29) is 6.04 Å². The highest BCUT2D eigenvalue weighted by Gasteiger charge is 2.04. The molecule has 0 rings (SSSR count). The molecule has 0 aromatic carbocycles. The lowest BCUT2D eigenvalue weighted by Crippen LogP contribution is -2.05. The van der Waals surface area contributed by atoms with E-state index in [1.165, 1.54) is 17.6 Å². The zero-order chi connectivity index (χ0) is 16.1. The highest BCUT2D eigenvalue weighted by atomic mass is 14.8. The van der Waals surface area contributed by atoms with Gasteiger partial charge in [-0.15, -0.1) is 0 Å². The van der Waals surface area contributed by atoms with Gasteiger partial charge in [-0.1, -0.05) is 62.3 Å². The minimum absolute atomic E-state index is 0.228. The first-order valence-corrected chi connectivity index (χ1v) is 8.28. The summed E-state index contributed by atoms with van der Waals surface area (Å²) in [7, 11) is 0. The Bertz CT molecular complexity index is 408. The Balaban J connectivity index is 4.87. The van der Waals surface area contributed by atoms with Gasteiger partial charge in [0.1, 0.15) is 0 Å². The van der Waals surface area contributed by atoms with Gasteiger partial charge < -0.3 is 0 Å². The van der Waals surface area contributed by atoms with Crippen LogP contribution in [0.2, 0.25) is 0 Å². The third kappa shape index (κ3) is 8.49. The van der Waals surface area contributed by atoms with Crippen molar-refractivity contribution < 1.29 is 0 Å². The maximum atomic E-state index is 4.75. The fraction of sp³-hybridized carbons (Fsp3) is 0.550. The van der Waals surface area contributed by atoms with Crippen molar-refractivity contribution in [1.29, 1.82) is 0 Å². The van der Waals surface area contributed by atoms with Crippen molar-refractivity contribution in [3.63, 3.8) is 0 Å². The molecule has 118 valence electrons. The largest absolute Gasteiger partial charge is 0.289 e. The van der Waals surface area contributed by atoms with Crippen LogP contribution in [0.15, 0.2) is 52.6 Å². The Morgan fingerprint density at radius 3 is 2.24 bits per heavy atom. The summed E-state index contributed by atoms with van der Waals surface area (Å²) in [5.74, 6) is 0.433. The topological polar surface area (TPSA) is 12.4 Å². The summed E-state index contributed by atoms with van der Waals surface area (Å²) in [5, 5.41) is 0. The molecule has 2 unspecified atom stereocenters. The van der Waals surface area contributed by atoms with Gasteiger partial charge >= 0.3 is 0 Å². The Hall–Kier alpha value is -1.37. The van der Waals surface area contributed by atoms with Gasteiger partial charge in [0, 0.05) is 12.1 Å². The first-order chi connectivity index (χ1) is 10.1. The molecule has 1 heteroatoms. The molecule has 0 N–H and O–H groups in total. The summed E-state index contributed by atoms with van der Waals surface area (Å²) in [4.78, 5) is 4.75. The molecule has 0 amide bonds. The van der Waals surface area contributed by atoms with E-state index in [0.717, 1.165) is 12.8 Å². The highest BCUT2D eigenvalue weighted by Crippen LogP contribution is 2.12. The van der Waals surface area contributed by atoms with E-state index < -0.39 is 0 Å². The number of aliphatic imine (C=N–C) groups is 1. The van der Waals surface area contributed by atoms with Crippen molar-refractivity contribution in [1.82, 2.24) is 0 Å². The Morgan fingerprint density at radius 1 is 1.05 bits per heavy atom. The lowest BCUT2D eigenvalue weighted by atomic mass is 10.0. The van der Waals surface area contributed by atoms with Crippen LogP contribution in [0.1, 0.15) is 60.8 Å². The molecular formula is C20H33N. The van der Waals surface area contributed by atoms with Crippen molar-refractivity contribution in [2.24, 2.45) is 10.9 Å². The average molecular weight is 287 g/mol. The monoisotopic (exact) mass is 287 g/mol. The molecule has 0 fully saturated rings. The van der Waals surface area contributed by atoms with Gasteiger partial charge in [0.2, 0.25) is 0 Å². The minimum atomic E-state index is 0.228. The van der Waals surface area contributed by atoms with Crippen LogP contribution in [0, 0.1) is 5.92 Å². The van der Waals surface area contributed by atoms with Crippen molar-refractivity contribution in [3.8, 4) is 0 Å². The molecule has 21 heavy (non-hydrogen) atoms. The van der Waals surface area contributed by atoms with Gasteiger partial charge in [0.25, 0.3) is 0 Å². The molecule has 0 aromatic heterocycles. The number of allylic oxidation sites excluding steroid dienone is 6. The van der Waals surface area contributed by atoms with Crippen LogP contribution < -0.4 is 0 Å². The van der Waals surface area contributed by atoms with Crippen molar-refractivity contribution >= 4 is 6.21 Å². The standard InChI is InChI=1S/C20H33N/c1-7-12-19(15-14-18(9-3)10-4)16-21-17(6)20(11-5)13-8-2/h8-9,11,13-17,19H,7,10,12H2,1-6H3/b13-8-,15-14-,18-9-,20-11+,21-16?. The SMILES string of the molecule is C/C=C\C(=C/C)C(C)N=CC(/C=C\C(=C/C)CC)CCC. The number of hydrogen-bond acceptors (Lipinski definition) is 1. The van der Waals surface area contributed by atoms with Gasteiger partial charge in [0.05, 0.1) is 6.04 Å². The fourth-order valence-corrected chi connectivity index (χ4v) is 2.21. The van der Waals surface area contributed by atoms with E-state index in [2.05, 4.69) is 77.3 Å². The maximum Gasteiger partial charge on any atom is 0.0713 e. The number of rotatable bonds is 9. The zero-order valence-electron chi connectivity index (χ0n) is 14.8. The molecule has 0 aliphatic carbocycles. The van der Waals surface area contributed by atoms with Crippen molar-refractivity contribution in [2.75, 3.05) is 0 Å². The first-order valence-electron chi connectivity index (χ1n) is 8.28. The van der Waals surface area contributed by atoms with E-state index in [1.54, 1.807) is 0 Å². The predicted molar refractivity (Wildman–Crippen MR) is 98.1 cm³/mol. The van der Waals surface area contributed by atoms with Crippen LogP contribution in [0.3, 0.4) is 0 Å². The molecule has 0 heterocycles. The van der Waals surface area contributed by atoms with Gasteiger partial charge in [-0.3, -0.25) is 4.99 Å². The molecule has 2 atom stereocenters. The second kappa shape index (κ2) is 12.4. The van der Waals surface area contributed by atoms with Crippen LogP contribution in [0.5, 0.6) is 0 Å². The smallest absolute Gasteiger partial charge is 0.0713 e. The highest BCUT2D eigenvalue weighted by molar-refractivity contribution is 5.64. The minimum Gasteiger partial charge on any atom is -0.289 e. The van der Waals surface area contributed by atoms with E-state index in [1.807, 2.05) is 6.92 Å². The van der Waals surface area contributed by atoms with E-state index in [0.29, 0.717) is 5.92 Å². The molecule has 0 spiro atoms. The predicted octanol–water partition coefficient (Wildman–Crippen LogP) is 6.30. The van der Waals surface area contributed by atoms with Crippen LogP contribution in [0.25, 0.3) is 0 Å². The van der Waals surface area contributed by atoms with Crippen LogP contribution in [-0.2, 0) is 0 Å². The number of nitrogens with zero attached hydrogens (tertiary/aromatic N) is 1. The second-order valence-electron chi connectivity index (χ2n) is 5.29. The van der Waals surface area contributed by atoms with Crippen molar-refractivity contribution in [3.05, 3.63) is 47.6 Å². The maximum absolute atomic E-state index is 4.75. The van der Waals surface area contributed by atoms with E-state index in [9.17, 15) is 0 Å². The molecular weight excluding hydrogens is 254 g/mol. The average Bonchev–Trinajstić information content (AvgIpc) is 2.50. The number of hydrogen-bond donors (Lipinski definition) is 0. The third-order valence-electron chi connectivity index (χ3n) is 3.63. The first kappa shape index (κ1) is 19.6. The van der Waals surface area contributed by atoms with Gasteiger partial charge in [0.15, 0.2) is 0 Å². The molecule has 0 saturated carbocycles. The second-order valence-corrected chi connectivity index (χ2v) is 5.29. The van der Waals surface area contributed by atoms with Crippen LogP contribution >= 0.6 is 0 Å². The molecule has 0 aromatic rings. The van der Waals surface area contributed by atoms with Crippen molar-refractivity contribution in [2.45, 2.75) is 66.8 Å². The molecule has 0 bridgehead atoms. The molecule has 0 saturated heterocycles. The summed E-state index contributed by atoms with van der Waals surface area (Å²) in [5.41, 5.74) is 2.66. The summed E-state index contributed by atoms with van der Waals surface area (Å²) in [6.07, 6.45) is 18.6. The normalized spacial score (nSPS) is 17.2. The Morgan fingerprint density at radius 2 is 1.76 bits per heavy atom. The van der Waals surface area contributed by atoms with E-state index in [4.69, 9.17) is 4.99 Å². The van der Waals surface area contributed by atoms with Gasteiger partial charge in [-0.05, 0) is 46.1 Å². The van der Waals surface area contributed by atoms with E-state index >= 15 is 0 Å². The summed E-state index contributed by atoms with van der Waals surface area (Å²) < 4.78 is 0. The van der Waals surface area contributed by atoms with Crippen LogP contribution in [-0.4, -0.2) is 12.3 Å². The Labute approximate surface area is 132 Å². The molecule has 1 nitrogen and oxygen atoms in total. The van der Waals surface area contributed by atoms with Gasteiger partial charge in [-0.2, -0.15) is 0 Å². The molecule has 0 aliphatic rings. The summed E-state index contributed by atoms with van der Waals surface area (Å²) in [6.45, 7) is 12.8. The summed E-state index contributed by atoms with van der Waals surface area (Å²) >= 11 is 0. The molecule has 0 radical (unpaired) electrons. The van der Waals surface area contributed by atoms with Gasteiger partial charge in [-0.25, -0.2) is 0 Å². The third-order valence-corrected chi connectivity index (χ3v) is 3.63. The fourth-order valence-electron chi connectivity index (χ4n) is 2.21. The lowest BCUT2D eigenvalue weighted by molar-refractivity contribution is 0.723. The quantitative estimate of drug-likeness (QED) is 0.349. The Kier molecular flexibility index (Phi) is 11.6.